The Morgan fingerprint density at radius 1 is 1.55 bits per heavy atom. The fourth-order valence-electron chi connectivity index (χ4n) is 0.908. The number of hydrogen-bond acceptors (Lipinski definition) is 3. The molecule has 1 saturated heterocycles. The minimum absolute atomic E-state index is 0.0150. The minimum atomic E-state index is -0.546. The van der Waals surface area contributed by atoms with E-state index in [0.717, 1.165) is 0 Å². The first kappa shape index (κ1) is 8.07. The van der Waals surface area contributed by atoms with Gasteiger partial charge in [0.2, 0.25) is 5.91 Å². The molecule has 1 amide bonds. The predicted octanol–water partition coefficient (Wildman–Crippen LogP) is -0.198. The molecule has 0 spiro atoms. The molecule has 4 heteroatoms. The van der Waals surface area contributed by atoms with Crippen LogP contribution in [0.25, 0.3) is 0 Å². The number of nitrogens with one attached hydrogen (secondary N) is 2. The number of carbonyl (C=O) groups is 1. The van der Waals surface area contributed by atoms with Gasteiger partial charge in [0.25, 0.3) is 0 Å². The van der Waals surface area contributed by atoms with Crippen molar-refractivity contribution in [1.29, 1.82) is 0 Å². The molecule has 11 heavy (non-hydrogen) atoms. The molecule has 1 rings (SSSR count). The molecule has 62 valence electrons. The van der Waals surface area contributed by atoms with Gasteiger partial charge in [-0.3, -0.25) is 9.69 Å². The highest BCUT2D eigenvalue weighted by Crippen LogP contribution is 2.12. The molecular weight excluding hydrogens is 142 g/mol. The summed E-state index contributed by atoms with van der Waals surface area (Å²) in [6.07, 6.45) is 0. The molecule has 0 bridgehead atoms. The van der Waals surface area contributed by atoms with Gasteiger partial charge in [-0.1, -0.05) is 6.58 Å². The average molecular weight is 155 g/mol. The summed E-state index contributed by atoms with van der Waals surface area (Å²) in [7, 11) is 1.69. The van der Waals surface area contributed by atoms with Gasteiger partial charge in [0, 0.05) is 7.05 Å². The monoisotopic (exact) mass is 155 g/mol. The van der Waals surface area contributed by atoms with Crippen molar-refractivity contribution in [1.82, 2.24) is 15.8 Å². The average Bonchev–Trinajstić information content (AvgIpc) is 1.95. The topological polar surface area (TPSA) is 44.4 Å². The Labute approximate surface area is 66.2 Å². The van der Waals surface area contributed by atoms with Crippen LogP contribution >= 0.6 is 0 Å². The second kappa shape index (κ2) is 2.23. The maximum atomic E-state index is 11.4. The molecule has 1 heterocycles. The highest BCUT2D eigenvalue weighted by Gasteiger charge is 2.35. The SMILES string of the molecule is C=C1NNC(C)(C)C(=O)N1C. The van der Waals surface area contributed by atoms with Gasteiger partial charge in [-0.05, 0) is 13.8 Å². The van der Waals surface area contributed by atoms with Gasteiger partial charge in [-0.15, -0.1) is 0 Å². The fraction of sp³-hybridized carbons (Fsp3) is 0.571. The molecule has 1 aliphatic heterocycles. The van der Waals surface area contributed by atoms with E-state index in [4.69, 9.17) is 0 Å². The maximum absolute atomic E-state index is 11.4. The van der Waals surface area contributed by atoms with E-state index >= 15 is 0 Å². The lowest BCUT2D eigenvalue weighted by atomic mass is 10.0. The quantitative estimate of drug-likeness (QED) is 0.509. The van der Waals surface area contributed by atoms with Crippen LogP contribution < -0.4 is 10.9 Å². The predicted molar refractivity (Wildman–Crippen MR) is 42.3 cm³/mol. The fourth-order valence-corrected chi connectivity index (χ4v) is 0.908. The van der Waals surface area contributed by atoms with E-state index in [0.29, 0.717) is 5.82 Å². The highest BCUT2D eigenvalue weighted by molar-refractivity contribution is 5.87. The van der Waals surface area contributed by atoms with Crippen LogP contribution in [0.2, 0.25) is 0 Å². The lowest BCUT2D eigenvalue weighted by Gasteiger charge is -2.37. The molecule has 0 radical (unpaired) electrons. The Balaban J connectivity index is 2.84. The Morgan fingerprint density at radius 3 is 2.55 bits per heavy atom. The van der Waals surface area contributed by atoms with Gasteiger partial charge >= 0.3 is 0 Å². The third-order valence-electron chi connectivity index (χ3n) is 1.76. The number of amides is 1. The molecule has 0 aliphatic carbocycles. The Bertz CT molecular complexity index is 210. The Morgan fingerprint density at radius 2 is 2.09 bits per heavy atom. The first-order valence-corrected chi connectivity index (χ1v) is 3.45. The summed E-state index contributed by atoms with van der Waals surface area (Å²) in [5.41, 5.74) is 5.11. The standard InChI is InChI=1S/C7H13N3O/c1-5-8-9-7(2,3)6(11)10(5)4/h8-9H,1H2,2-4H3. The van der Waals surface area contributed by atoms with Crippen molar-refractivity contribution in [2.75, 3.05) is 7.05 Å². The molecule has 0 saturated carbocycles. The van der Waals surface area contributed by atoms with Crippen molar-refractivity contribution in [3.63, 3.8) is 0 Å². The number of hydrogen-bond donors (Lipinski definition) is 2. The second-order valence-electron chi connectivity index (χ2n) is 3.19. The zero-order valence-electron chi connectivity index (χ0n) is 7.06. The molecule has 0 atom stereocenters. The first-order chi connectivity index (χ1) is 4.95. The number of hydrazine groups is 1. The summed E-state index contributed by atoms with van der Waals surface area (Å²) >= 11 is 0. The first-order valence-electron chi connectivity index (χ1n) is 3.45. The van der Waals surface area contributed by atoms with Crippen LogP contribution in [0, 0.1) is 0 Å². The molecule has 0 unspecified atom stereocenters. The van der Waals surface area contributed by atoms with E-state index in [-0.39, 0.29) is 5.91 Å². The normalized spacial score (nSPS) is 23.4. The van der Waals surface area contributed by atoms with E-state index in [1.807, 2.05) is 13.8 Å². The van der Waals surface area contributed by atoms with Crippen molar-refractivity contribution in [2.24, 2.45) is 0 Å². The van der Waals surface area contributed by atoms with Crippen LogP contribution in [0.4, 0.5) is 0 Å². The van der Waals surface area contributed by atoms with Gasteiger partial charge in [-0.2, -0.15) is 0 Å². The van der Waals surface area contributed by atoms with Gasteiger partial charge in [-0.25, -0.2) is 5.43 Å². The zero-order valence-corrected chi connectivity index (χ0v) is 7.06. The van der Waals surface area contributed by atoms with Gasteiger partial charge in [0.1, 0.15) is 11.4 Å². The molecule has 2 N–H and O–H groups in total. The molecule has 4 nitrogen and oxygen atoms in total. The number of carbonyl (C=O) groups excluding carboxylic acids is 1. The molecule has 0 aromatic heterocycles. The van der Waals surface area contributed by atoms with Gasteiger partial charge in [0.05, 0.1) is 0 Å². The third-order valence-corrected chi connectivity index (χ3v) is 1.76. The maximum Gasteiger partial charge on any atom is 0.249 e. The van der Waals surface area contributed by atoms with E-state index < -0.39 is 5.54 Å². The van der Waals surface area contributed by atoms with Crippen molar-refractivity contribution < 1.29 is 4.79 Å². The van der Waals surface area contributed by atoms with Crippen LogP contribution in [-0.2, 0) is 4.79 Å². The van der Waals surface area contributed by atoms with Crippen LogP contribution in [0.5, 0.6) is 0 Å². The minimum Gasteiger partial charge on any atom is -0.307 e. The Kier molecular flexibility index (Phi) is 1.64. The van der Waals surface area contributed by atoms with E-state index in [9.17, 15) is 4.79 Å². The van der Waals surface area contributed by atoms with Gasteiger partial charge in [0.15, 0.2) is 0 Å². The lowest BCUT2D eigenvalue weighted by Crippen LogP contribution is -2.64. The van der Waals surface area contributed by atoms with Crippen LogP contribution in [0.15, 0.2) is 12.4 Å². The number of nitrogens with zero attached hydrogens (tertiary/aromatic N) is 1. The summed E-state index contributed by atoms with van der Waals surface area (Å²) in [6, 6.07) is 0. The highest BCUT2D eigenvalue weighted by atomic mass is 16.2. The largest absolute Gasteiger partial charge is 0.307 e. The van der Waals surface area contributed by atoms with E-state index in [1.54, 1.807) is 7.05 Å². The molecule has 1 fully saturated rings. The summed E-state index contributed by atoms with van der Waals surface area (Å²) < 4.78 is 0. The van der Waals surface area contributed by atoms with E-state index in [2.05, 4.69) is 17.4 Å². The van der Waals surface area contributed by atoms with Crippen molar-refractivity contribution in [2.45, 2.75) is 19.4 Å². The van der Waals surface area contributed by atoms with Crippen LogP contribution in [0.1, 0.15) is 13.8 Å². The third kappa shape index (κ3) is 1.21. The van der Waals surface area contributed by atoms with Gasteiger partial charge < -0.3 is 5.43 Å². The lowest BCUT2D eigenvalue weighted by molar-refractivity contribution is -0.137. The summed E-state index contributed by atoms with van der Waals surface area (Å²) in [6.45, 7) is 7.26. The van der Waals surface area contributed by atoms with Crippen molar-refractivity contribution >= 4 is 5.91 Å². The summed E-state index contributed by atoms with van der Waals surface area (Å²) in [5.74, 6) is 0.593. The molecular formula is C7H13N3O. The number of likely N-dealkylation sites (N-methyl/N-ethyl adjacent to an activating group) is 1. The second-order valence-corrected chi connectivity index (χ2v) is 3.19. The number of rotatable bonds is 0. The molecule has 1 aliphatic rings. The summed E-state index contributed by atoms with van der Waals surface area (Å²) in [5, 5.41) is 0. The van der Waals surface area contributed by atoms with Crippen LogP contribution in [0.3, 0.4) is 0 Å². The van der Waals surface area contributed by atoms with Crippen molar-refractivity contribution in [3.05, 3.63) is 12.4 Å². The smallest absolute Gasteiger partial charge is 0.249 e. The zero-order chi connectivity index (χ0) is 8.65. The molecule has 0 aromatic carbocycles. The Hall–Kier alpha value is -1.03. The van der Waals surface area contributed by atoms with E-state index in [1.165, 1.54) is 4.90 Å². The van der Waals surface area contributed by atoms with Crippen molar-refractivity contribution in [3.8, 4) is 0 Å². The summed E-state index contributed by atoms with van der Waals surface area (Å²) in [4.78, 5) is 12.9. The molecule has 0 aromatic rings. The van der Waals surface area contributed by atoms with Crippen LogP contribution in [-0.4, -0.2) is 23.4 Å².